The fraction of sp³-hybridized carbons (Fsp3) is 0.133. The highest BCUT2D eigenvalue weighted by Crippen LogP contribution is 2.39. The summed E-state index contributed by atoms with van der Waals surface area (Å²) in [5.74, 6) is 0.405. The molecular formula is C15H12Br2ClNO2. The molecule has 0 bridgehead atoms. The number of phenols is 1. The predicted molar refractivity (Wildman–Crippen MR) is 93.5 cm³/mol. The van der Waals surface area contributed by atoms with Crippen molar-refractivity contribution in [3.8, 4) is 11.5 Å². The number of hydrogen-bond acceptors (Lipinski definition) is 3. The first-order chi connectivity index (χ1) is 9.93. The summed E-state index contributed by atoms with van der Waals surface area (Å²) in [5.41, 5.74) is 2.27. The Morgan fingerprint density at radius 3 is 2.62 bits per heavy atom. The lowest BCUT2D eigenvalue weighted by Crippen LogP contribution is -1.92. The van der Waals surface area contributed by atoms with E-state index in [2.05, 4.69) is 36.9 Å². The molecule has 0 aliphatic heterocycles. The number of aryl methyl sites for hydroxylation is 1. The molecule has 110 valence electrons. The van der Waals surface area contributed by atoms with Crippen LogP contribution >= 0.6 is 43.5 Å². The Morgan fingerprint density at radius 2 is 2.00 bits per heavy atom. The molecular weight excluding hydrogens is 421 g/mol. The summed E-state index contributed by atoms with van der Waals surface area (Å²) < 4.78 is 6.61. The minimum Gasteiger partial charge on any atom is -0.504 e. The number of methoxy groups -OCH3 is 1. The smallest absolute Gasteiger partial charge is 0.167 e. The molecule has 0 radical (unpaired) electrons. The van der Waals surface area contributed by atoms with Crippen LogP contribution in [0.2, 0.25) is 5.02 Å². The van der Waals surface area contributed by atoms with Gasteiger partial charge < -0.3 is 9.84 Å². The highest BCUT2D eigenvalue weighted by Gasteiger charge is 2.14. The minimum absolute atomic E-state index is 0.0305. The van der Waals surface area contributed by atoms with Crippen molar-refractivity contribution in [3.63, 3.8) is 0 Å². The lowest BCUT2D eigenvalue weighted by atomic mass is 10.2. The minimum atomic E-state index is 0.0305. The van der Waals surface area contributed by atoms with Gasteiger partial charge in [0.2, 0.25) is 0 Å². The van der Waals surface area contributed by atoms with E-state index in [9.17, 15) is 5.11 Å². The third-order valence-corrected chi connectivity index (χ3v) is 5.15. The lowest BCUT2D eigenvalue weighted by Gasteiger charge is -2.10. The maximum absolute atomic E-state index is 10.2. The Labute approximate surface area is 144 Å². The average Bonchev–Trinajstić information content (AvgIpc) is 2.44. The third-order valence-electron chi connectivity index (χ3n) is 2.90. The van der Waals surface area contributed by atoms with Crippen LogP contribution < -0.4 is 4.74 Å². The molecule has 3 nitrogen and oxygen atoms in total. The van der Waals surface area contributed by atoms with Crippen LogP contribution in [0.4, 0.5) is 5.69 Å². The first kappa shape index (κ1) is 16.3. The van der Waals surface area contributed by atoms with Crippen LogP contribution in [0.5, 0.6) is 11.5 Å². The average molecular weight is 434 g/mol. The molecule has 0 saturated heterocycles. The third kappa shape index (κ3) is 3.59. The lowest BCUT2D eigenvalue weighted by molar-refractivity contribution is 0.372. The van der Waals surface area contributed by atoms with Gasteiger partial charge in [0.25, 0.3) is 0 Å². The number of hydrogen-bond donors (Lipinski definition) is 1. The predicted octanol–water partition coefficient (Wildman–Crippen LogP) is 5.64. The van der Waals surface area contributed by atoms with E-state index in [-0.39, 0.29) is 5.75 Å². The zero-order valence-electron chi connectivity index (χ0n) is 11.3. The Balaban J connectivity index is 2.48. The van der Waals surface area contributed by atoms with Crippen LogP contribution in [0.15, 0.2) is 38.2 Å². The zero-order chi connectivity index (χ0) is 15.6. The van der Waals surface area contributed by atoms with Crippen LogP contribution in [0.1, 0.15) is 11.1 Å². The van der Waals surface area contributed by atoms with Gasteiger partial charge in [-0.25, -0.2) is 0 Å². The second-order valence-corrected chi connectivity index (χ2v) is 6.41. The van der Waals surface area contributed by atoms with Crippen LogP contribution in [0.25, 0.3) is 0 Å². The second-order valence-electron chi connectivity index (χ2n) is 4.33. The van der Waals surface area contributed by atoms with E-state index in [0.29, 0.717) is 20.8 Å². The van der Waals surface area contributed by atoms with Crippen molar-refractivity contribution in [3.05, 3.63) is 49.4 Å². The van der Waals surface area contributed by atoms with Crippen LogP contribution in [0, 0.1) is 6.92 Å². The van der Waals surface area contributed by atoms with E-state index < -0.39 is 0 Å². The van der Waals surface area contributed by atoms with E-state index in [1.54, 1.807) is 18.3 Å². The summed E-state index contributed by atoms with van der Waals surface area (Å²) in [4.78, 5) is 4.41. The summed E-state index contributed by atoms with van der Waals surface area (Å²) in [6.45, 7) is 1.93. The maximum Gasteiger partial charge on any atom is 0.167 e. The van der Waals surface area contributed by atoms with Gasteiger partial charge in [0.05, 0.1) is 18.4 Å². The standard InChI is InChI=1S/C15H12Br2ClNO2/c1-8-5-9(18)3-4-12(8)19-7-10-14(17)11(16)6-13(21-2)15(10)20/h3-7,20H,1-2H3. The molecule has 0 aromatic heterocycles. The fourth-order valence-electron chi connectivity index (χ4n) is 1.78. The highest BCUT2D eigenvalue weighted by molar-refractivity contribution is 9.13. The summed E-state index contributed by atoms with van der Waals surface area (Å²) >= 11 is 12.8. The topological polar surface area (TPSA) is 41.8 Å². The number of benzene rings is 2. The van der Waals surface area contributed by atoms with E-state index in [4.69, 9.17) is 16.3 Å². The summed E-state index contributed by atoms with van der Waals surface area (Å²) in [5, 5.41) is 10.9. The molecule has 0 atom stereocenters. The van der Waals surface area contributed by atoms with Gasteiger partial charge in [-0.1, -0.05) is 11.6 Å². The number of ether oxygens (including phenoxy) is 1. The van der Waals surface area contributed by atoms with Crippen molar-refractivity contribution >= 4 is 55.4 Å². The summed E-state index contributed by atoms with van der Waals surface area (Å²) in [6.07, 6.45) is 1.59. The van der Waals surface area contributed by atoms with Gasteiger partial charge in [0.1, 0.15) is 0 Å². The van der Waals surface area contributed by atoms with Gasteiger partial charge in [-0.3, -0.25) is 4.99 Å². The molecule has 0 unspecified atom stereocenters. The molecule has 0 amide bonds. The molecule has 0 aliphatic carbocycles. The molecule has 1 N–H and O–H groups in total. The Hall–Kier alpha value is -1.04. The molecule has 0 heterocycles. The van der Waals surface area contributed by atoms with Crippen LogP contribution in [-0.4, -0.2) is 18.4 Å². The molecule has 0 fully saturated rings. The number of aliphatic imine (C=N–C) groups is 1. The molecule has 2 aromatic carbocycles. The fourth-order valence-corrected chi connectivity index (χ4v) is 2.84. The summed E-state index contributed by atoms with van der Waals surface area (Å²) in [6, 6.07) is 7.13. The number of halogens is 3. The normalized spacial score (nSPS) is 11.1. The van der Waals surface area contributed by atoms with Gasteiger partial charge in [-0.05, 0) is 68.6 Å². The highest BCUT2D eigenvalue weighted by atomic mass is 79.9. The monoisotopic (exact) mass is 431 g/mol. The molecule has 21 heavy (non-hydrogen) atoms. The zero-order valence-corrected chi connectivity index (χ0v) is 15.3. The second kappa shape index (κ2) is 6.81. The molecule has 0 aliphatic rings. The van der Waals surface area contributed by atoms with Crippen molar-refractivity contribution in [1.82, 2.24) is 0 Å². The van der Waals surface area contributed by atoms with Gasteiger partial charge >= 0.3 is 0 Å². The number of rotatable bonds is 3. The quantitative estimate of drug-likeness (QED) is 0.637. The Kier molecular flexibility index (Phi) is 5.30. The summed E-state index contributed by atoms with van der Waals surface area (Å²) in [7, 11) is 1.50. The number of aromatic hydroxyl groups is 1. The number of nitrogens with zero attached hydrogens (tertiary/aromatic N) is 1. The van der Waals surface area contributed by atoms with Crippen molar-refractivity contribution < 1.29 is 9.84 Å². The first-order valence-electron chi connectivity index (χ1n) is 5.99. The molecule has 0 spiro atoms. The molecule has 0 saturated carbocycles. The van der Waals surface area contributed by atoms with Gasteiger partial charge in [0.15, 0.2) is 11.5 Å². The van der Waals surface area contributed by atoms with Gasteiger partial charge in [0, 0.05) is 20.2 Å². The van der Waals surface area contributed by atoms with Crippen LogP contribution in [0.3, 0.4) is 0 Å². The molecule has 2 rings (SSSR count). The van der Waals surface area contributed by atoms with Crippen molar-refractivity contribution in [1.29, 1.82) is 0 Å². The van der Waals surface area contributed by atoms with E-state index >= 15 is 0 Å². The SMILES string of the molecule is COc1cc(Br)c(Br)c(C=Nc2ccc(Cl)cc2C)c1O. The van der Waals surface area contributed by atoms with E-state index in [0.717, 1.165) is 15.7 Å². The van der Waals surface area contributed by atoms with Crippen molar-refractivity contribution in [2.45, 2.75) is 6.92 Å². The largest absolute Gasteiger partial charge is 0.504 e. The maximum atomic E-state index is 10.2. The molecule has 6 heteroatoms. The molecule has 2 aromatic rings. The first-order valence-corrected chi connectivity index (χ1v) is 7.95. The number of phenolic OH excluding ortho intramolecular Hbond substituents is 1. The van der Waals surface area contributed by atoms with E-state index in [1.807, 2.05) is 19.1 Å². The Morgan fingerprint density at radius 1 is 1.29 bits per heavy atom. The van der Waals surface area contributed by atoms with Gasteiger partial charge in [-0.2, -0.15) is 0 Å². The van der Waals surface area contributed by atoms with E-state index in [1.165, 1.54) is 7.11 Å². The Bertz CT molecular complexity index is 717. The van der Waals surface area contributed by atoms with Crippen molar-refractivity contribution in [2.75, 3.05) is 7.11 Å². The van der Waals surface area contributed by atoms with Crippen LogP contribution in [-0.2, 0) is 0 Å². The van der Waals surface area contributed by atoms with Gasteiger partial charge in [-0.15, -0.1) is 0 Å². The van der Waals surface area contributed by atoms with Crippen molar-refractivity contribution in [2.24, 2.45) is 4.99 Å².